The smallest absolute Gasteiger partial charge is 0.252 e. The molecular weight excluding hydrogens is 262 g/mol. The van der Waals surface area contributed by atoms with Crippen LogP contribution in [0.3, 0.4) is 0 Å². The standard InChI is InChI=1S/C17H19N3O/c1-12(13-5-3-9-18-11-13)20-17(21)15-6-2-8-16-14(15)7-4-10-19-16/h2-3,5-6,8-9,11-12,19H,4,7,10H2,1H3,(H,20,21)/t12-/m0/s1. The van der Waals surface area contributed by atoms with Gasteiger partial charge in [0, 0.05) is 30.2 Å². The molecule has 1 aromatic heterocycles. The summed E-state index contributed by atoms with van der Waals surface area (Å²) in [7, 11) is 0. The number of nitrogens with zero attached hydrogens (tertiary/aromatic N) is 1. The summed E-state index contributed by atoms with van der Waals surface area (Å²) in [5.41, 5.74) is 3.99. The highest BCUT2D eigenvalue weighted by Gasteiger charge is 2.18. The van der Waals surface area contributed by atoms with Gasteiger partial charge >= 0.3 is 0 Å². The molecule has 0 saturated carbocycles. The van der Waals surface area contributed by atoms with E-state index in [4.69, 9.17) is 0 Å². The molecule has 1 aliphatic rings. The van der Waals surface area contributed by atoms with Gasteiger partial charge < -0.3 is 10.6 Å². The van der Waals surface area contributed by atoms with Crippen molar-refractivity contribution < 1.29 is 4.79 Å². The van der Waals surface area contributed by atoms with Crippen LogP contribution >= 0.6 is 0 Å². The van der Waals surface area contributed by atoms with Crippen molar-refractivity contribution in [3.63, 3.8) is 0 Å². The fourth-order valence-electron chi connectivity index (χ4n) is 2.71. The highest BCUT2D eigenvalue weighted by molar-refractivity contribution is 5.97. The highest BCUT2D eigenvalue weighted by Crippen LogP contribution is 2.25. The molecule has 4 heteroatoms. The number of nitrogens with one attached hydrogen (secondary N) is 2. The normalized spacial score (nSPS) is 14.7. The van der Waals surface area contributed by atoms with Crippen molar-refractivity contribution in [3.05, 3.63) is 59.4 Å². The zero-order valence-electron chi connectivity index (χ0n) is 12.1. The van der Waals surface area contributed by atoms with Gasteiger partial charge in [-0.1, -0.05) is 12.1 Å². The molecule has 2 aromatic rings. The van der Waals surface area contributed by atoms with Crippen molar-refractivity contribution in [1.29, 1.82) is 0 Å². The van der Waals surface area contributed by atoms with Gasteiger partial charge in [0.15, 0.2) is 0 Å². The van der Waals surface area contributed by atoms with E-state index in [9.17, 15) is 4.79 Å². The quantitative estimate of drug-likeness (QED) is 0.909. The van der Waals surface area contributed by atoms with E-state index in [0.717, 1.165) is 41.8 Å². The summed E-state index contributed by atoms with van der Waals surface area (Å²) in [6.07, 6.45) is 5.53. The largest absolute Gasteiger partial charge is 0.385 e. The third-order valence-corrected chi connectivity index (χ3v) is 3.87. The van der Waals surface area contributed by atoms with Crippen molar-refractivity contribution >= 4 is 11.6 Å². The number of rotatable bonds is 3. The lowest BCUT2D eigenvalue weighted by Gasteiger charge is -2.21. The number of carbonyl (C=O) groups is 1. The van der Waals surface area contributed by atoms with Crippen molar-refractivity contribution in [2.75, 3.05) is 11.9 Å². The average Bonchev–Trinajstić information content (AvgIpc) is 2.55. The lowest BCUT2D eigenvalue weighted by atomic mass is 9.97. The molecule has 0 radical (unpaired) electrons. The molecule has 0 bridgehead atoms. The first-order chi connectivity index (χ1) is 10.3. The van der Waals surface area contributed by atoms with Gasteiger partial charge in [0.25, 0.3) is 5.91 Å². The SMILES string of the molecule is C[C@H](NC(=O)c1cccc2c1CCCN2)c1cccnc1. The van der Waals surface area contributed by atoms with E-state index >= 15 is 0 Å². The highest BCUT2D eigenvalue weighted by atomic mass is 16.1. The third-order valence-electron chi connectivity index (χ3n) is 3.87. The first kappa shape index (κ1) is 13.6. The number of amides is 1. The van der Waals surface area contributed by atoms with Crippen LogP contribution in [0.5, 0.6) is 0 Å². The Hall–Kier alpha value is -2.36. The Bertz CT molecular complexity index is 640. The Labute approximate surface area is 124 Å². The molecular formula is C17H19N3O. The lowest BCUT2D eigenvalue weighted by Crippen LogP contribution is -2.28. The summed E-state index contributed by atoms with van der Waals surface area (Å²) in [6, 6.07) is 9.67. The Kier molecular flexibility index (Phi) is 3.86. The van der Waals surface area contributed by atoms with E-state index < -0.39 is 0 Å². The van der Waals surface area contributed by atoms with Gasteiger partial charge in [-0.3, -0.25) is 9.78 Å². The molecule has 108 valence electrons. The molecule has 3 rings (SSSR count). The zero-order chi connectivity index (χ0) is 14.7. The summed E-state index contributed by atoms with van der Waals surface area (Å²) in [4.78, 5) is 16.6. The third kappa shape index (κ3) is 2.89. The molecule has 2 N–H and O–H groups in total. The molecule has 0 aliphatic carbocycles. The predicted octanol–water partition coefficient (Wildman–Crippen LogP) is 2.93. The maximum Gasteiger partial charge on any atom is 0.252 e. The van der Waals surface area contributed by atoms with Gasteiger partial charge in [-0.25, -0.2) is 0 Å². The zero-order valence-corrected chi connectivity index (χ0v) is 12.1. The molecule has 1 amide bonds. The summed E-state index contributed by atoms with van der Waals surface area (Å²) < 4.78 is 0. The van der Waals surface area contributed by atoms with Gasteiger partial charge in [0.2, 0.25) is 0 Å². The molecule has 1 aromatic carbocycles. The van der Waals surface area contributed by atoms with E-state index in [2.05, 4.69) is 15.6 Å². The number of aromatic nitrogens is 1. The van der Waals surface area contributed by atoms with Crippen LogP contribution in [0.15, 0.2) is 42.7 Å². The van der Waals surface area contributed by atoms with Crippen LogP contribution in [-0.2, 0) is 6.42 Å². The molecule has 0 fully saturated rings. The van der Waals surface area contributed by atoms with Crippen LogP contribution in [0.1, 0.15) is 40.9 Å². The number of pyridine rings is 1. The topological polar surface area (TPSA) is 54.0 Å². The number of benzene rings is 1. The van der Waals surface area contributed by atoms with Crippen LogP contribution in [0.2, 0.25) is 0 Å². The van der Waals surface area contributed by atoms with Crippen LogP contribution in [-0.4, -0.2) is 17.4 Å². The molecule has 1 aliphatic heterocycles. The summed E-state index contributed by atoms with van der Waals surface area (Å²) in [6.45, 7) is 2.95. The first-order valence-electron chi connectivity index (χ1n) is 7.32. The van der Waals surface area contributed by atoms with Gasteiger partial charge in [0.1, 0.15) is 0 Å². The second kappa shape index (κ2) is 5.95. The monoisotopic (exact) mass is 281 g/mol. The van der Waals surface area contributed by atoms with Crippen LogP contribution < -0.4 is 10.6 Å². The first-order valence-corrected chi connectivity index (χ1v) is 7.32. The minimum Gasteiger partial charge on any atom is -0.385 e. The molecule has 1 atom stereocenters. The minimum absolute atomic E-state index is 0.0214. The molecule has 0 unspecified atom stereocenters. The van der Waals surface area contributed by atoms with E-state index in [-0.39, 0.29) is 11.9 Å². The molecule has 0 saturated heterocycles. The van der Waals surface area contributed by atoms with E-state index in [1.807, 2.05) is 37.3 Å². The van der Waals surface area contributed by atoms with Gasteiger partial charge in [-0.05, 0) is 49.1 Å². The van der Waals surface area contributed by atoms with Crippen LogP contribution in [0.25, 0.3) is 0 Å². The number of hydrogen-bond donors (Lipinski definition) is 2. The molecule has 2 heterocycles. The lowest BCUT2D eigenvalue weighted by molar-refractivity contribution is 0.0939. The average molecular weight is 281 g/mol. The second-order valence-corrected chi connectivity index (χ2v) is 5.34. The van der Waals surface area contributed by atoms with E-state index in [1.165, 1.54) is 0 Å². The molecule has 4 nitrogen and oxygen atoms in total. The Morgan fingerprint density at radius 1 is 1.33 bits per heavy atom. The molecule has 0 spiro atoms. The predicted molar refractivity (Wildman–Crippen MR) is 83.4 cm³/mol. The van der Waals surface area contributed by atoms with Crippen molar-refractivity contribution in [3.8, 4) is 0 Å². The maximum atomic E-state index is 12.5. The van der Waals surface area contributed by atoms with Crippen molar-refractivity contribution in [2.24, 2.45) is 0 Å². The Balaban J connectivity index is 1.80. The van der Waals surface area contributed by atoms with Gasteiger partial charge in [0.05, 0.1) is 6.04 Å². The van der Waals surface area contributed by atoms with Gasteiger partial charge in [-0.15, -0.1) is 0 Å². The number of hydrogen-bond acceptors (Lipinski definition) is 3. The summed E-state index contributed by atoms with van der Waals surface area (Å²) in [5, 5.41) is 6.41. The van der Waals surface area contributed by atoms with E-state index in [0.29, 0.717) is 0 Å². The van der Waals surface area contributed by atoms with Crippen LogP contribution in [0.4, 0.5) is 5.69 Å². The Morgan fingerprint density at radius 2 is 2.24 bits per heavy atom. The van der Waals surface area contributed by atoms with E-state index in [1.54, 1.807) is 12.4 Å². The van der Waals surface area contributed by atoms with Gasteiger partial charge in [-0.2, -0.15) is 0 Å². The van der Waals surface area contributed by atoms with Crippen LogP contribution in [0, 0.1) is 0 Å². The Morgan fingerprint density at radius 3 is 3.05 bits per heavy atom. The maximum absolute atomic E-state index is 12.5. The van der Waals surface area contributed by atoms with Crippen molar-refractivity contribution in [1.82, 2.24) is 10.3 Å². The number of anilines is 1. The summed E-state index contributed by atoms with van der Waals surface area (Å²) >= 11 is 0. The number of fused-ring (bicyclic) bond motifs is 1. The fraction of sp³-hybridized carbons (Fsp3) is 0.294. The second-order valence-electron chi connectivity index (χ2n) is 5.34. The molecule has 21 heavy (non-hydrogen) atoms. The fourth-order valence-corrected chi connectivity index (χ4v) is 2.71. The number of carbonyl (C=O) groups excluding carboxylic acids is 1. The van der Waals surface area contributed by atoms with Crippen molar-refractivity contribution in [2.45, 2.75) is 25.8 Å². The minimum atomic E-state index is -0.0568. The summed E-state index contributed by atoms with van der Waals surface area (Å²) in [5.74, 6) is -0.0214.